The van der Waals surface area contributed by atoms with E-state index in [0.717, 1.165) is 55.1 Å². The lowest BCUT2D eigenvalue weighted by Crippen LogP contribution is -2.13. The highest BCUT2D eigenvalue weighted by Crippen LogP contribution is 2.50. The van der Waals surface area contributed by atoms with Gasteiger partial charge in [-0.05, 0) is 66.9 Å². The number of aryl methyl sites for hydroxylation is 2. The van der Waals surface area contributed by atoms with Crippen LogP contribution in [-0.2, 0) is 6.42 Å². The van der Waals surface area contributed by atoms with Crippen molar-refractivity contribution in [1.29, 1.82) is 0 Å². The summed E-state index contributed by atoms with van der Waals surface area (Å²) in [5.41, 5.74) is 4.06. The van der Waals surface area contributed by atoms with Gasteiger partial charge in [0.05, 0.1) is 0 Å². The zero-order valence-electron chi connectivity index (χ0n) is 24.5. The molecule has 6 aromatic rings. The molecule has 0 atom stereocenters. The molecule has 8 rings (SSSR count). The monoisotopic (exact) mass is 596 g/mol. The fourth-order valence-electron chi connectivity index (χ4n) is 7.22. The molecule has 0 amide bonds. The van der Waals surface area contributed by atoms with Crippen molar-refractivity contribution in [3.05, 3.63) is 103 Å². The van der Waals surface area contributed by atoms with E-state index in [1.165, 1.54) is 53.2 Å². The Morgan fingerprint density at radius 3 is 1.67 bits per heavy atom. The van der Waals surface area contributed by atoms with Gasteiger partial charge in [-0.3, -0.25) is 9.59 Å². The van der Waals surface area contributed by atoms with Gasteiger partial charge in [-0.2, -0.15) is 0 Å². The van der Waals surface area contributed by atoms with E-state index in [9.17, 15) is 9.59 Å². The molecule has 0 aliphatic heterocycles. The van der Waals surface area contributed by atoms with Crippen molar-refractivity contribution in [3.63, 3.8) is 0 Å². The molecular formula is C39H32O2S2. The van der Waals surface area contributed by atoms with Gasteiger partial charge in [-0.25, -0.2) is 0 Å². The molecule has 2 heterocycles. The van der Waals surface area contributed by atoms with Gasteiger partial charge in [0.15, 0.2) is 10.9 Å². The first-order valence-corrected chi connectivity index (χ1v) is 17.1. The Morgan fingerprint density at radius 1 is 0.558 bits per heavy atom. The van der Waals surface area contributed by atoms with E-state index in [4.69, 9.17) is 0 Å². The largest absolute Gasteiger partial charge is 0.289 e. The van der Waals surface area contributed by atoms with Crippen LogP contribution in [0.1, 0.15) is 55.2 Å². The van der Waals surface area contributed by atoms with Gasteiger partial charge < -0.3 is 0 Å². The topological polar surface area (TPSA) is 34.1 Å². The van der Waals surface area contributed by atoms with E-state index < -0.39 is 0 Å². The van der Waals surface area contributed by atoms with Crippen LogP contribution in [0.2, 0.25) is 0 Å². The van der Waals surface area contributed by atoms with E-state index in [2.05, 4.69) is 62.4 Å². The van der Waals surface area contributed by atoms with Crippen LogP contribution >= 0.6 is 22.7 Å². The molecule has 0 N–H and O–H groups in total. The predicted molar refractivity (Wildman–Crippen MR) is 188 cm³/mol. The smallest absolute Gasteiger partial charge is 0.194 e. The van der Waals surface area contributed by atoms with Crippen LogP contribution in [-0.4, -0.2) is 0 Å². The summed E-state index contributed by atoms with van der Waals surface area (Å²) in [4.78, 5) is 33.6. The second-order valence-electron chi connectivity index (χ2n) is 12.0. The molecule has 0 spiro atoms. The summed E-state index contributed by atoms with van der Waals surface area (Å²) < 4.78 is 0. The molecule has 2 aliphatic carbocycles. The molecule has 4 aromatic carbocycles. The van der Waals surface area contributed by atoms with Gasteiger partial charge in [0.1, 0.15) is 0 Å². The molecule has 0 radical (unpaired) electrons. The van der Waals surface area contributed by atoms with Gasteiger partial charge in [0.25, 0.3) is 0 Å². The van der Waals surface area contributed by atoms with Crippen molar-refractivity contribution in [2.24, 2.45) is 0 Å². The Kier molecular flexibility index (Phi) is 6.47. The SMILES string of the molecule is CCCCCCCCc1ccc(-c2cc3c4c5c2cccc5c(=O)c2cc(-c5ccc(C)s5)c5cccc(c3=O)c5c2-4)s1. The molecule has 212 valence electrons. The van der Waals surface area contributed by atoms with Crippen molar-refractivity contribution in [2.75, 3.05) is 0 Å². The number of benzene rings is 6. The van der Waals surface area contributed by atoms with Crippen molar-refractivity contribution in [3.8, 4) is 32.0 Å². The van der Waals surface area contributed by atoms with Crippen LogP contribution in [0.25, 0.3) is 75.1 Å². The first-order valence-electron chi connectivity index (χ1n) is 15.5. The fraction of sp³-hybridized carbons (Fsp3) is 0.231. The summed E-state index contributed by atoms with van der Waals surface area (Å²) >= 11 is 3.55. The Bertz CT molecular complexity index is 2340. The van der Waals surface area contributed by atoms with E-state index in [1.54, 1.807) is 11.3 Å². The number of hydrogen-bond donors (Lipinski definition) is 0. The van der Waals surface area contributed by atoms with Crippen LogP contribution in [0.3, 0.4) is 0 Å². The molecule has 0 saturated carbocycles. The number of rotatable bonds is 9. The van der Waals surface area contributed by atoms with Crippen molar-refractivity contribution in [2.45, 2.75) is 58.8 Å². The first kappa shape index (κ1) is 26.7. The van der Waals surface area contributed by atoms with Crippen molar-refractivity contribution >= 4 is 65.8 Å². The Balaban J connectivity index is 1.37. The van der Waals surface area contributed by atoms with Crippen LogP contribution in [0.5, 0.6) is 0 Å². The summed E-state index contributed by atoms with van der Waals surface area (Å²) in [6, 6.07) is 25.0. The quantitative estimate of drug-likeness (QED) is 0.0943. The first-order chi connectivity index (χ1) is 21.0. The summed E-state index contributed by atoms with van der Waals surface area (Å²) in [6.45, 7) is 4.36. The number of unbranched alkanes of at least 4 members (excludes halogenated alkanes) is 5. The zero-order chi connectivity index (χ0) is 29.2. The minimum Gasteiger partial charge on any atom is -0.289 e. The predicted octanol–water partition coefficient (Wildman–Crippen LogP) is 11.1. The minimum absolute atomic E-state index is 0.0479. The maximum absolute atomic E-state index is 14.4. The van der Waals surface area contributed by atoms with Crippen LogP contribution in [0.4, 0.5) is 0 Å². The summed E-state index contributed by atoms with van der Waals surface area (Å²) in [7, 11) is 0. The molecule has 2 aromatic heterocycles. The van der Waals surface area contributed by atoms with Crippen LogP contribution < -0.4 is 10.9 Å². The standard InChI is InChI=1S/C39H32O2S2/c1-3-4-5-6-7-8-11-23-17-19-33(43-23)29-21-31-37-35-25(29)13-10-15-27(35)38(40)30-20-28(32-18-16-22(2)42-32)24-12-9-14-26(39(31)41)34(24)36(30)37/h9-10,12-21H,3-8,11H2,1-2H3. The highest BCUT2D eigenvalue weighted by molar-refractivity contribution is 7.15. The average Bonchev–Trinajstić information content (AvgIpc) is 3.68. The normalized spacial score (nSPS) is 12.3. The van der Waals surface area contributed by atoms with Gasteiger partial charge >= 0.3 is 0 Å². The second kappa shape index (κ2) is 10.4. The molecule has 0 fully saturated rings. The van der Waals surface area contributed by atoms with Gasteiger partial charge in [-0.15, -0.1) is 22.7 Å². The maximum Gasteiger partial charge on any atom is 0.194 e. The molecule has 43 heavy (non-hydrogen) atoms. The Hall–Kier alpha value is -3.86. The average molecular weight is 597 g/mol. The Labute approximate surface area is 258 Å². The maximum atomic E-state index is 14.4. The molecule has 2 aliphatic rings. The lowest BCUT2D eigenvalue weighted by Gasteiger charge is -2.23. The Morgan fingerprint density at radius 2 is 1.09 bits per heavy atom. The number of thiophene rings is 2. The highest BCUT2D eigenvalue weighted by Gasteiger charge is 2.28. The lowest BCUT2D eigenvalue weighted by atomic mass is 9.79. The van der Waals surface area contributed by atoms with Crippen LogP contribution in [0, 0.1) is 6.92 Å². The lowest BCUT2D eigenvalue weighted by molar-refractivity contribution is 0.609. The van der Waals surface area contributed by atoms with Gasteiger partial charge in [0, 0.05) is 74.1 Å². The van der Waals surface area contributed by atoms with Crippen molar-refractivity contribution < 1.29 is 0 Å². The number of hydrogen-bond acceptors (Lipinski definition) is 4. The summed E-state index contributed by atoms with van der Waals surface area (Å²) in [6.07, 6.45) is 8.82. The van der Waals surface area contributed by atoms with Crippen molar-refractivity contribution in [1.82, 2.24) is 0 Å². The molecule has 4 heteroatoms. The molecule has 2 nitrogen and oxygen atoms in total. The van der Waals surface area contributed by atoms with Gasteiger partial charge in [-0.1, -0.05) is 75.4 Å². The van der Waals surface area contributed by atoms with Gasteiger partial charge in [0.2, 0.25) is 0 Å². The molecule has 0 saturated heterocycles. The third-order valence-electron chi connectivity index (χ3n) is 9.26. The van der Waals surface area contributed by atoms with E-state index in [-0.39, 0.29) is 10.9 Å². The molecule has 0 unspecified atom stereocenters. The fourth-order valence-corrected chi connectivity index (χ4v) is 9.20. The van der Waals surface area contributed by atoms with E-state index in [1.807, 2.05) is 35.6 Å². The third kappa shape index (κ3) is 4.11. The zero-order valence-corrected chi connectivity index (χ0v) is 26.1. The van der Waals surface area contributed by atoms with E-state index >= 15 is 0 Å². The second-order valence-corrected chi connectivity index (χ2v) is 14.5. The van der Waals surface area contributed by atoms with E-state index in [0.29, 0.717) is 21.5 Å². The third-order valence-corrected chi connectivity index (χ3v) is 11.5. The summed E-state index contributed by atoms with van der Waals surface area (Å²) in [5, 5.41) is 6.78. The van der Waals surface area contributed by atoms with Crippen LogP contribution in [0.15, 0.2) is 82.4 Å². The minimum atomic E-state index is 0.0479. The molecular weight excluding hydrogens is 565 g/mol. The summed E-state index contributed by atoms with van der Waals surface area (Å²) in [5.74, 6) is 0. The highest BCUT2D eigenvalue weighted by atomic mass is 32.1. The molecule has 0 bridgehead atoms.